The van der Waals surface area contributed by atoms with Gasteiger partial charge in [0.15, 0.2) is 0 Å². The molecule has 2 aromatic heterocycles. The molecule has 0 unspecified atom stereocenters. The highest BCUT2D eigenvalue weighted by Crippen LogP contribution is 2.27. The number of rotatable bonds is 5. The maximum atomic E-state index is 9.39. The van der Waals surface area contributed by atoms with Crippen LogP contribution in [0, 0.1) is 5.92 Å². The van der Waals surface area contributed by atoms with Gasteiger partial charge in [0, 0.05) is 45.0 Å². The molecule has 0 bridgehead atoms. The molecule has 3 heterocycles. The quantitative estimate of drug-likeness (QED) is 0.919. The fraction of sp³-hybridized carbons (Fsp3) is 0.588. The van der Waals surface area contributed by atoms with Crippen molar-refractivity contribution >= 4 is 16.8 Å². The van der Waals surface area contributed by atoms with Crippen LogP contribution in [0.15, 0.2) is 29.0 Å². The molecule has 1 N–H and O–H groups in total. The number of furan rings is 1. The van der Waals surface area contributed by atoms with Gasteiger partial charge >= 0.3 is 0 Å². The van der Waals surface area contributed by atoms with Crippen LogP contribution >= 0.6 is 0 Å². The summed E-state index contributed by atoms with van der Waals surface area (Å²) in [5.74, 6) is 1.64. The number of anilines is 1. The summed E-state index contributed by atoms with van der Waals surface area (Å²) in [6.45, 7) is 8.69. The molecule has 1 saturated heterocycles. The van der Waals surface area contributed by atoms with Crippen LogP contribution in [-0.2, 0) is 0 Å². The lowest BCUT2D eigenvalue weighted by Crippen LogP contribution is -2.54. The van der Waals surface area contributed by atoms with Gasteiger partial charge in [-0.25, -0.2) is 4.98 Å². The Bertz CT molecular complexity index is 611. The van der Waals surface area contributed by atoms with Crippen LogP contribution < -0.4 is 4.90 Å². The van der Waals surface area contributed by atoms with E-state index in [-0.39, 0.29) is 6.61 Å². The SMILES string of the molecule is CC(C)CN1CCN(c2nccc3occc23)C[C@H]1CCO. The van der Waals surface area contributed by atoms with E-state index < -0.39 is 0 Å². The van der Waals surface area contributed by atoms with Gasteiger partial charge in [-0.1, -0.05) is 13.8 Å². The Morgan fingerprint density at radius 2 is 2.23 bits per heavy atom. The van der Waals surface area contributed by atoms with Crippen molar-refractivity contribution in [1.29, 1.82) is 0 Å². The second-order valence-corrected chi connectivity index (χ2v) is 6.47. The Kier molecular flexibility index (Phi) is 4.64. The van der Waals surface area contributed by atoms with Crippen molar-refractivity contribution in [2.75, 3.05) is 37.7 Å². The van der Waals surface area contributed by atoms with Crippen LogP contribution in [0.25, 0.3) is 11.0 Å². The van der Waals surface area contributed by atoms with E-state index in [1.807, 2.05) is 18.3 Å². The summed E-state index contributed by atoms with van der Waals surface area (Å²) in [6, 6.07) is 4.27. The van der Waals surface area contributed by atoms with Crippen LogP contribution in [0.2, 0.25) is 0 Å². The third kappa shape index (κ3) is 3.10. The first kappa shape index (κ1) is 15.3. The number of piperazine rings is 1. The van der Waals surface area contributed by atoms with Crippen molar-refractivity contribution in [3.63, 3.8) is 0 Å². The predicted molar refractivity (Wildman–Crippen MR) is 88.1 cm³/mol. The number of fused-ring (bicyclic) bond motifs is 1. The highest BCUT2D eigenvalue weighted by atomic mass is 16.3. The molecule has 1 aliphatic heterocycles. The van der Waals surface area contributed by atoms with Crippen LogP contribution in [0.3, 0.4) is 0 Å². The minimum atomic E-state index is 0.233. The van der Waals surface area contributed by atoms with Gasteiger partial charge in [-0.3, -0.25) is 4.90 Å². The van der Waals surface area contributed by atoms with Gasteiger partial charge in [0.1, 0.15) is 11.4 Å². The van der Waals surface area contributed by atoms with E-state index in [4.69, 9.17) is 4.42 Å². The van der Waals surface area contributed by atoms with E-state index >= 15 is 0 Å². The normalized spacial score (nSPS) is 20.2. The van der Waals surface area contributed by atoms with Crippen molar-refractivity contribution in [1.82, 2.24) is 9.88 Å². The molecule has 0 aliphatic carbocycles. The molecule has 0 saturated carbocycles. The average molecular weight is 303 g/mol. The van der Waals surface area contributed by atoms with E-state index in [0.29, 0.717) is 12.0 Å². The molecule has 1 fully saturated rings. The van der Waals surface area contributed by atoms with E-state index in [0.717, 1.165) is 49.4 Å². The average Bonchev–Trinajstić information content (AvgIpc) is 2.97. The fourth-order valence-electron chi connectivity index (χ4n) is 3.35. The lowest BCUT2D eigenvalue weighted by atomic mass is 10.1. The number of aromatic nitrogens is 1. The zero-order valence-corrected chi connectivity index (χ0v) is 13.4. The Hall–Kier alpha value is -1.59. The monoisotopic (exact) mass is 303 g/mol. The Morgan fingerprint density at radius 3 is 3.00 bits per heavy atom. The Balaban J connectivity index is 1.80. The summed E-state index contributed by atoms with van der Waals surface area (Å²) in [5, 5.41) is 10.5. The molecule has 1 aliphatic rings. The summed E-state index contributed by atoms with van der Waals surface area (Å²) >= 11 is 0. The Labute approximate surface area is 131 Å². The number of aliphatic hydroxyl groups is 1. The molecular weight excluding hydrogens is 278 g/mol. The van der Waals surface area contributed by atoms with Gasteiger partial charge in [-0.15, -0.1) is 0 Å². The summed E-state index contributed by atoms with van der Waals surface area (Å²) in [5.41, 5.74) is 0.883. The van der Waals surface area contributed by atoms with Crippen molar-refractivity contribution < 1.29 is 9.52 Å². The summed E-state index contributed by atoms with van der Waals surface area (Å²) < 4.78 is 5.48. The van der Waals surface area contributed by atoms with Crippen LogP contribution in [-0.4, -0.2) is 53.8 Å². The van der Waals surface area contributed by atoms with Gasteiger partial charge in [0.2, 0.25) is 0 Å². The largest absolute Gasteiger partial charge is 0.464 e. The first-order valence-electron chi connectivity index (χ1n) is 8.11. The molecule has 3 rings (SSSR count). The molecule has 0 amide bonds. The minimum Gasteiger partial charge on any atom is -0.464 e. The zero-order chi connectivity index (χ0) is 15.5. The lowest BCUT2D eigenvalue weighted by Gasteiger charge is -2.42. The summed E-state index contributed by atoms with van der Waals surface area (Å²) in [7, 11) is 0. The van der Waals surface area contributed by atoms with E-state index in [2.05, 4.69) is 28.6 Å². The van der Waals surface area contributed by atoms with Crippen molar-refractivity contribution in [2.24, 2.45) is 5.92 Å². The van der Waals surface area contributed by atoms with Gasteiger partial charge in [-0.2, -0.15) is 0 Å². The number of aliphatic hydroxyl groups excluding tert-OH is 1. The maximum Gasteiger partial charge on any atom is 0.139 e. The first-order chi connectivity index (χ1) is 10.7. The standard InChI is InChI=1S/C17H25N3O2/c1-13(2)11-19-7-8-20(12-14(19)4-9-21)17-15-5-10-22-16(15)3-6-18-17/h3,5-6,10,13-14,21H,4,7-9,11-12H2,1-2H3/t14-/m1/s1. The molecule has 0 aromatic carbocycles. The van der Waals surface area contributed by atoms with Crippen molar-refractivity contribution in [2.45, 2.75) is 26.3 Å². The van der Waals surface area contributed by atoms with Gasteiger partial charge in [0.25, 0.3) is 0 Å². The van der Waals surface area contributed by atoms with Gasteiger partial charge in [-0.05, 0) is 24.5 Å². The van der Waals surface area contributed by atoms with E-state index in [9.17, 15) is 5.11 Å². The molecular formula is C17H25N3O2. The highest BCUT2D eigenvalue weighted by Gasteiger charge is 2.28. The van der Waals surface area contributed by atoms with Crippen molar-refractivity contribution in [3.05, 3.63) is 24.6 Å². The molecule has 5 heteroatoms. The van der Waals surface area contributed by atoms with E-state index in [1.165, 1.54) is 0 Å². The molecule has 120 valence electrons. The number of hydrogen-bond donors (Lipinski definition) is 1. The third-order valence-electron chi connectivity index (χ3n) is 4.32. The van der Waals surface area contributed by atoms with Crippen molar-refractivity contribution in [3.8, 4) is 0 Å². The molecule has 1 atom stereocenters. The second kappa shape index (κ2) is 6.67. The zero-order valence-electron chi connectivity index (χ0n) is 13.4. The molecule has 22 heavy (non-hydrogen) atoms. The third-order valence-corrected chi connectivity index (χ3v) is 4.32. The first-order valence-corrected chi connectivity index (χ1v) is 8.11. The summed E-state index contributed by atoms with van der Waals surface area (Å²) in [6.07, 6.45) is 4.34. The van der Waals surface area contributed by atoms with Crippen LogP contribution in [0.5, 0.6) is 0 Å². The number of nitrogens with zero attached hydrogens (tertiary/aromatic N) is 3. The van der Waals surface area contributed by atoms with Gasteiger partial charge < -0.3 is 14.4 Å². The van der Waals surface area contributed by atoms with Gasteiger partial charge in [0.05, 0.1) is 11.6 Å². The molecule has 0 radical (unpaired) electrons. The van der Waals surface area contributed by atoms with E-state index in [1.54, 1.807) is 6.26 Å². The second-order valence-electron chi connectivity index (χ2n) is 6.47. The smallest absolute Gasteiger partial charge is 0.139 e. The lowest BCUT2D eigenvalue weighted by molar-refractivity contribution is 0.129. The maximum absolute atomic E-state index is 9.39. The minimum absolute atomic E-state index is 0.233. The summed E-state index contributed by atoms with van der Waals surface area (Å²) in [4.78, 5) is 9.40. The Morgan fingerprint density at radius 1 is 1.36 bits per heavy atom. The topological polar surface area (TPSA) is 52.7 Å². The fourth-order valence-corrected chi connectivity index (χ4v) is 3.35. The van der Waals surface area contributed by atoms with Crippen LogP contribution in [0.4, 0.5) is 5.82 Å². The highest BCUT2D eigenvalue weighted by molar-refractivity contribution is 5.88. The molecule has 0 spiro atoms. The predicted octanol–water partition coefficient (Wildman–Crippen LogP) is 2.36. The molecule has 5 nitrogen and oxygen atoms in total. The number of hydrogen-bond acceptors (Lipinski definition) is 5. The molecule has 2 aromatic rings. The number of pyridine rings is 1. The van der Waals surface area contributed by atoms with Crippen LogP contribution in [0.1, 0.15) is 20.3 Å².